The van der Waals surface area contributed by atoms with E-state index in [1.807, 2.05) is 7.05 Å². The van der Waals surface area contributed by atoms with Crippen molar-refractivity contribution in [2.24, 2.45) is 5.92 Å². The van der Waals surface area contributed by atoms with Gasteiger partial charge in [0, 0.05) is 19.8 Å². The highest BCUT2D eigenvalue weighted by molar-refractivity contribution is 5.26. The normalized spacial score (nSPS) is 14.4. The molecule has 2 unspecified atom stereocenters. The predicted octanol–water partition coefficient (Wildman–Crippen LogP) is 3.57. The number of hydrogen-bond acceptors (Lipinski definition) is 2. The zero-order valence-electron chi connectivity index (χ0n) is 12.2. The van der Waals surface area contributed by atoms with Crippen LogP contribution in [0.25, 0.3) is 0 Å². The average Bonchev–Trinajstić information content (AvgIpc) is 2.37. The molecular weight excluding hydrogens is 222 g/mol. The SMILES string of the molecule is CCCc1cccc(C(CC(C)COC)NC)c1. The van der Waals surface area contributed by atoms with Crippen molar-refractivity contribution >= 4 is 0 Å². The third-order valence-electron chi connectivity index (χ3n) is 3.33. The van der Waals surface area contributed by atoms with Gasteiger partial charge in [0.25, 0.3) is 0 Å². The summed E-state index contributed by atoms with van der Waals surface area (Å²) < 4.78 is 5.22. The lowest BCUT2D eigenvalue weighted by Gasteiger charge is -2.21. The van der Waals surface area contributed by atoms with Crippen LogP contribution in [0.1, 0.15) is 43.9 Å². The van der Waals surface area contributed by atoms with Gasteiger partial charge in [-0.15, -0.1) is 0 Å². The number of methoxy groups -OCH3 is 1. The molecule has 2 atom stereocenters. The van der Waals surface area contributed by atoms with E-state index in [1.165, 1.54) is 17.5 Å². The number of nitrogens with one attached hydrogen (secondary N) is 1. The van der Waals surface area contributed by atoms with Crippen LogP contribution in [0, 0.1) is 5.92 Å². The maximum atomic E-state index is 5.22. The lowest BCUT2D eigenvalue weighted by atomic mass is 9.94. The van der Waals surface area contributed by atoms with Crippen LogP contribution in [0.15, 0.2) is 24.3 Å². The van der Waals surface area contributed by atoms with Gasteiger partial charge in [-0.2, -0.15) is 0 Å². The molecule has 2 nitrogen and oxygen atoms in total. The second-order valence-corrected chi connectivity index (χ2v) is 5.13. The number of ether oxygens (including phenoxy) is 1. The Hall–Kier alpha value is -0.860. The van der Waals surface area contributed by atoms with Crippen LogP contribution in [0.4, 0.5) is 0 Å². The van der Waals surface area contributed by atoms with E-state index in [0.29, 0.717) is 12.0 Å². The Morgan fingerprint density at radius 1 is 1.33 bits per heavy atom. The third kappa shape index (κ3) is 4.79. The van der Waals surface area contributed by atoms with Gasteiger partial charge in [-0.25, -0.2) is 0 Å². The fourth-order valence-corrected chi connectivity index (χ4v) is 2.43. The minimum atomic E-state index is 0.423. The average molecular weight is 249 g/mol. The zero-order chi connectivity index (χ0) is 13.4. The van der Waals surface area contributed by atoms with Crippen LogP contribution in [-0.4, -0.2) is 20.8 Å². The largest absolute Gasteiger partial charge is 0.384 e. The van der Waals surface area contributed by atoms with Crippen molar-refractivity contribution in [2.45, 2.75) is 39.2 Å². The summed E-state index contributed by atoms with van der Waals surface area (Å²) in [6.07, 6.45) is 3.48. The molecule has 1 aromatic rings. The van der Waals surface area contributed by atoms with Crippen LogP contribution in [0.5, 0.6) is 0 Å². The molecule has 0 aliphatic heterocycles. The van der Waals surface area contributed by atoms with Crippen molar-refractivity contribution < 1.29 is 4.74 Å². The van der Waals surface area contributed by atoms with Gasteiger partial charge in [0.2, 0.25) is 0 Å². The van der Waals surface area contributed by atoms with Crippen LogP contribution in [0.2, 0.25) is 0 Å². The maximum Gasteiger partial charge on any atom is 0.0488 e. The molecule has 102 valence electrons. The van der Waals surface area contributed by atoms with Gasteiger partial charge < -0.3 is 10.1 Å². The first-order chi connectivity index (χ1) is 8.71. The van der Waals surface area contributed by atoms with Gasteiger partial charge in [0.05, 0.1) is 0 Å². The Balaban J connectivity index is 2.71. The van der Waals surface area contributed by atoms with E-state index in [9.17, 15) is 0 Å². The van der Waals surface area contributed by atoms with Gasteiger partial charge >= 0.3 is 0 Å². The summed E-state index contributed by atoms with van der Waals surface area (Å²) in [5, 5.41) is 3.42. The minimum Gasteiger partial charge on any atom is -0.384 e. The van der Waals surface area contributed by atoms with Crippen molar-refractivity contribution in [3.8, 4) is 0 Å². The van der Waals surface area contributed by atoms with Crippen LogP contribution in [-0.2, 0) is 11.2 Å². The first-order valence-electron chi connectivity index (χ1n) is 6.96. The second kappa shape index (κ2) is 8.28. The zero-order valence-corrected chi connectivity index (χ0v) is 12.2. The van der Waals surface area contributed by atoms with Gasteiger partial charge in [-0.1, -0.05) is 44.5 Å². The Morgan fingerprint density at radius 2 is 2.11 bits per heavy atom. The molecule has 0 saturated heterocycles. The first kappa shape index (κ1) is 15.2. The molecule has 0 bridgehead atoms. The molecular formula is C16H27NO. The molecule has 1 aromatic carbocycles. The third-order valence-corrected chi connectivity index (χ3v) is 3.33. The van der Waals surface area contributed by atoms with E-state index in [-0.39, 0.29) is 0 Å². The molecule has 18 heavy (non-hydrogen) atoms. The highest BCUT2D eigenvalue weighted by atomic mass is 16.5. The summed E-state index contributed by atoms with van der Waals surface area (Å²) >= 11 is 0. The summed E-state index contributed by atoms with van der Waals surface area (Å²) in [5.74, 6) is 0.572. The fourth-order valence-electron chi connectivity index (χ4n) is 2.43. The van der Waals surface area contributed by atoms with Crippen molar-refractivity contribution in [1.29, 1.82) is 0 Å². The minimum absolute atomic E-state index is 0.423. The molecule has 1 N–H and O–H groups in total. The lowest BCUT2D eigenvalue weighted by molar-refractivity contribution is 0.150. The number of aryl methyl sites for hydroxylation is 1. The van der Waals surface area contributed by atoms with E-state index >= 15 is 0 Å². The fraction of sp³-hybridized carbons (Fsp3) is 0.625. The van der Waals surface area contributed by atoms with Crippen molar-refractivity contribution in [3.63, 3.8) is 0 Å². The van der Waals surface area contributed by atoms with E-state index in [0.717, 1.165) is 19.4 Å². The second-order valence-electron chi connectivity index (χ2n) is 5.13. The smallest absolute Gasteiger partial charge is 0.0488 e. The van der Waals surface area contributed by atoms with E-state index in [4.69, 9.17) is 4.74 Å². The monoisotopic (exact) mass is 249 g/mol. The van der Waals surface area contributed by atoms with E-state index in [2.05, 4.69) is 43.4 Å². The lowest BCUT2D eigenvalue weighted by Crippen LogP contribution is -2.20. The van der Waals surface area contributed by atoms with Crippen molar-refractivity contribution in [1.82, 2.24) is 5.32 Å². The Labute approximate surface area is 112 Å². The number of hydrogen-bond donors (Lipinski definition) is 1. The number of benzene rings is 1. The maximum absolute atomic E-state index is 5.22. The summed E-state index contributed by atoms with van der Waals surface area (Å²) in [4.78, 5) is 0. The molecule has 2 heteroatoms. The van der Waals surface area contributed by atoms with Crippen LogP contribution < -0.4 is 5.32 Å². The molecule has 0 amide bonds. The standard InChI is InChI=1S/C16H27NO/c1-5-7-14-8-6-9-15(11-14)16(17-3)10-13(2)12-18-4/h6,8-9,11,13,16-17H,5,7,10,12H2,1-4H3. The van der Waals surface area contributed by atoms with Crippen LogP contribution >= 0.6 is 0 Å². The number of rotatable bonds is 8. The molecule has 0 aliphatic carbocycles. The predicted molar refractivity (Wildman–Crippen MR) is 77.9 cm³/mol. The van der Waals surface area contributed by atoms with Gasteiger partial charge in [-0.3, -0.25) is 0 Å². The Morgan fingerprint density at radius 3 is 2.72 bits per heavy atom. The molecule has 0 radical (unpaired) electrons. The van der Waals surface area contributed by atoms with Gasteiger partial charge in [0.15, 0.2) is 0 Å². The molecule has 0 saturated carbocycles. The first-order valence-corrected chi connectivity index (χ1v) is 6.96. The topological polar surface area (TPSA) is 21.3 Å². The summed E-state index contributed by atoms with van der Waals surface area (Å²) in [6.45, 7) is 5.29. The van der Waals surface area contributed by atoms with Crippen molar-refractivity contribution in [3.05, 3.63) is 35.4 Å². The highest BCUT2D eigenvalue weighted by Gasteiger charge is 2.13. The summed E-state index contributed by atoms with van der Waals surface area (Å²) in [5.41, 5.74) is 2.83. The van der Waals surface area contributed by atoms with E-state index in [1.54, 1.807) is 7.11 Å². The van der Waals surface area contributed by atoms with E-state index < -0.39 is 0 Å². The molecule has 0 heterocycles. The summed E-state index contributed by atoms with van der Waals surface area (Å²) in [7, 11) is 3.81. The van der Waals surface area contributed by atoms with Gasteiger partial charge in [-0.05, 0) is 36.9 Å². The molecule has 0 aliphatic rings. The molecule has 0 aromatic heterocycles. The Bertz CT molecular complexity index is 338. The molecule has 1 rings (SSSR count). The highest BCUT2D eigenvalue weighted by Crippen LogP contribution is 2.22. The Kier molecular flexibility index (Phi) is 6.99. The van der Waals surface area contributed by atoms with Gasteiger partial charge in [0.1, 0.15) is 0 Å². The quantitative estimate of drug-likeness (QED) is 0.760. The summed E-state index contributed by atoms with van der Waals surface area (Å²) in [6, 6.07) is 9.38. The molecule has 0 spiro atoms. The van der Waals surface area contributed by atoms with Crippen LogP contribution in [0.3, 0.4) is 0 Å². The van der Waals surface area contributed by atoms with Crippen molar-refractivity contribution in [2.75, 3.05) is 20.8 Å². The molecule has 0 fully saturated rings.